The van der Waals surface area contributed by atoms with Gasteiger partial charge in [-0.2, -0.15) is 0 Å². The van der Waals surface area contributed by atoms with Crippen molar-refractivity contribution < 1.29 is 28.6 Å². The van der Waals surface area contributed by atoms with Crippen molar-refractivity contribution in [3.63, 3.8) is 0 Å². The smallest absolute Gasteiger partial charge is 0.366 e. The van der Waals surface area contributed by atoms with Crippen LogP contribution in [0.15, 0.2) is 17.5 Å². The van der Waals surface area contributed by atoms with Crippen LogP contribution in [-0.2, 0) is 23.8 Å². The van der Waals surface area contributed by atoms with Crippen molar-refractivity contribution in [1.82, 2.24) is 5.32 Å². The maximum Gasteiger partial charge on any atom is 0.366 e. The Balaban J connectivity index is 1.69. The SMILES string of the molecule is COC(=O)C1(C)OCC(CCCCC(NC(=O)c2cccs2)C(C)=O)CO1. The van der Waals surface area contributed by atoms with Gasteiger partial charge in [-0.15, -0.1) is 11.3 Å². The van der Waals surface area contributed by atoms with Crippen molar-refractivity contribution >= 4 is 29.0 Å². The molecule has 150 valence electrons. The third-order valence-electron chi connectivity index (χ3n) is 4.64. The first-order chi connectivity index (χ1) is 12.9. The summed E-state index contributed by atoms with van der Waals surface area (Å²) in [5.74, 6) is -1.91. The number of carbonyl (C=O) groups excluding carboxylic acids is 3. The number of ether oxygens (including phenoxy) is 3. The molecule has 1 N–H and O–H groups in total. The number of Topliss-reactive ketones (excluding diaryl/α,β-unsaturated/α-hetero) is 1. The molecule has 1 aromatic rings. The summed E-state index contributed by atoms with van der Waals surface area (Å²) in [5.41, 5.74) is 0. The fraction of sp³-hybridized carbons (Fsp3) is 0.632. The molecule has 1 aliphatic rings. The lowest BCUT2D eigenvalue weighted by molar-refractivity contribution is -0.272. The lowest BCUT2D eigenvalue weighted by Gasteiger charge is -2.35. The highest BCUT2D eigenvalue weighted by molar-refractivity contribution is 7.12. The average Bonchev–Trinajstić information content (AvgIpc) is 3.19. The summed E-state index contributed by atoms with van der Waals surface area (Å²) in [6, 6.07) is 3.07. The molecule has 0 bridgehead atoms. The molecule has 1 fully saturated rings. The number of hydrogen-bond donors (Lipinski definition) is 1. The molecule has 0 saturated carbocycles. The molecule has 1 amide bonds. The van der Waals surface area contributed by atoms with Gasteiger partial charge < -0.3 is 19.5 Å². The second-order valence-electron chi connectivity index (χ2n) is 6.82. The Morgan fingerprint density at radius 1 is 1.33 bits per heavy atom. The van der Waals surface area contributed by atoms with E-state index in [2.05, 4.69) is 10.1 Å². The molecule has 0 aliphatic carbocycles. The van der Waals surface area contributed by atoms with Crippen molar-refractivity contribution in [1.29, 1.82) is 0 Å². The first kappa shape index (κ1) is 21.5. The molecule has 0 radical (unpaired) electrons. The lowest BCUT2D eigenvalue weighted by atomic mass is 9.99. The normalized spacial score (nSPS) is 23.4. The van der Waals surface area contributed by atoms with Crippen LogP contribution in [0.1, 0.15) is 49.2 Å². The Morgan fingerprint density at radius 2 is 2.04 bits per heavy atom. The Morgan fingerprint density at radius 3 is 2.59 bits per heavy atom. The Hall–Kier alpha value is -1.77. The van der Waals surface area contributed by atoms with Crippen molar-refractivity contribution in [2.75, 3.05) is 20.3 Å². The van der Waals surface area contributed by atoms with Crippen molar-refractivity contribution in [2.24, 2.45) is 5.92 Å². The topological polar surface area (TPSA) is 90.9 Å². The molecule has 1 saturated heterocycles. The van der Waals surface area contributed by atoms with Crippen LogP contribution in [0.4, 0.5) is 0 Å². The molecule has 1 unspecified atom stereocenters. The fourth-order valence-corrected chi connectivity index (χ4v) is 3.54. The summed E-state index contributed by atoms with van der Waals surface area (Å²) < 4.78 is 15.7. The van der Waals surface area contributed by atoms with E-state index in [1.54, 1.807) is 13.0 Å². The molecule has 0 aromatic carbocycles. The van der Waals surface area contributed by atoms with Gasteiger partial charge in [-0.25, -0.2) is 4.79 Å². The Kier molecular flexibility index (Phi) is 7.94. The maximum atomic E-state index is 12.1. The molecule has 2 heterocycles. The second kappa shape index (κ2) is 9.96. The Labute approximate surface area is 163 Å². The molecule has 1 atom stereocenters. The van der Waals surface area contributed by atoms with Gasteiger partial charge >= 0.3 is 5.97 Å². The molecule has 27 heavy (non-hydrogen) atoms. The molecule has 0 spiro atoms. The van der Waals surface area contributed by atoms with Crippen LogP contribution in [0.25, 0.3) is 0 Å². The Bertz CT molecular complexity index is 637. The summed E-state index contributed by atoms with van der Waals surface area (Å²) in [5, 5.41) is 4.64. The summed E-state index contributed by atoms with van der Waals surface area (Å²) in [6.07, 6.45) is 3.15. The number of hydrogen-bond acceptors (Lipinski definition) is 7. The average molecular weight is 397 g/mol. The van der Waals surface area contributed by atoms with Crippen LogP contribution in [0.5, 0.6) is 0 Å². The van der Waals surface area contributed by atoms with Crippen LogP contribution in [0.3, 0.4) is 0 Å². The van der Waals surface area contributed by atoms with Gasteiger partial charge in [0.15, 0.2) is 5.78 Å². The number of carbonyl (C=O) groups is 3. The van der Waals surface area contributed by atoms with Gasteiger partial charge in [0, 0.05) is 12.8 Å². The monoisotopic (exact) mass is 397 g/mol. The van der Waals surface area contributed by atoms with Gasteiger partial charge in [-0.05, 0) is 31.2 Å². The number of rotatable bonds is 9. The highest BCUT2D eigenvalue weighted by atomic mass is 32.1. The molecular weight excluding hydrogens is 370 g/mol. The largest absolute Gasteiger partial charge is 0.465 e. The maximum absolute atomic E-state index is 12.1. The number of amides is 1. The summed E-state index contributed by atoms with van der Waals surface area (Å²) in [6.45, 7) is 3.91. The lowest BCUT2D eigenvalue weighted by Crippen LogP contribution is -2.48. The van der Waals surface area contributed by atoms with Crippen LogP contribution in [0, 0.1) is 5.92 Å². The number of methoxy groups -OCH3 is 1. The van der Waals surface area contributed by atoms with Crippen molar-refractivity contribution in [2.45, 2.75) is 51.4 Å². The highest BCUT2D eigenvalue weighted by Crippen LogP contribution is 2.25. The number of nitrogens with one attached hydrogen (secondary N) is 1. The van der Waals surface area contributed by atoms with E-state index in [0.29, 0.717) is 24.5 Å². The zero-order valence-electron chi connectivity index (χ0n) is 16.0. The van der Waals surface area contributed by atoms with Gasteiger partial charge in [-0.3, -0.25) is 9.59 Å². The first-order valence-corrected chi connectivity index (χ1v) is 9.95. The highest BCUT2D eigenvalue weighted by Gasteiger charge is 2.41. The molecule has 7 nitrogen and oxygen atoms in total. The van der Waals surface area contributed by atoms with E-state index in [-0.39, 0.29) is 17.6 Å². The molecular formula is C19H27NO6S. The van der Waals surface area contributed by atoms with E-state index in [4.69, 9.17) is 9.47 Å². The van der Waals surface area contributed by atoms with Crippen LogP contribution >= 0.6 is 11.3 Å². The van der Waals surface area contributed by atoms with Crippen molar-refractivity contribution in [3.8, 4) is 0 Å². The van der Waals surface area contributed by atoms with E-state index < -0.39 is 17.8 Å². The number of thiophene rings is 1. The van der Waals surface area contributed by atoms with Crippen LogP contribution in [-0.4, -0.2) is 49.8 Å². The molecule has 2 rings (SSSR count). The summed E-state index contributed by atoms with van der Waals surface area (Å²) in [7, 11) is 1.30. The van der Waals surface area contributed by atoms with E-state index in [9.17, 15) is 14.4 Å². The number of esters is 1. The van der Waals surface area contributed by atoms with E-state index in [0.717, 1.165) is 19.3 Å². The third-order valence-corrected chi connectivity index (χ3v) is 5.51. The third kappa shape index (κ3) is 6.12. The summed E-state index contributed by atoms with van der Waals surface area (Å²) >= 11 is 1.35. The predicted octanol–water partition coefficient (Wildman–Crippen LogP) is 2.55. The summed E-state index contributed by atoms with van der Waals surface area (Å²) in [4.78, 5) is 36.2. The van der Waals surface area contributed by atoms with Gasteiger partial charge in [0.1, 0.15) is 0 Å². The minimum absolute atomic E-state index is 0.0434. The van der Waals surface area contributed by atoms with Gasteiger partial charge in [0.05, 0.1) is 31.2 Å². The minimum Gasteiger partial charge on any atom is -0.465 e. The predicted molar refractivity (Wildman–Crippen MR) is 101 cm³/mol. The van der Waals surface area contributed by atoms with E-state index in [1.807, 2.05) is 11.4 Å². The quantitative estimate of drug-likeness (QED) is 0.509. The van der Waals surface area contributed by atoms with Crippen molar-refractivity contribution in [3.05, 3.63) is 22.4 Å². The zero-order valence-corrected chi connectivity index (χ0v) is 16.8. The minimum atomic E-state index is -1.32. The first-order valence-electron chi connectivity index (χ1n) is 9.07. The fourth-order valence-electron chi connectivity index (χ4n) is 2.91. The van der Waals surface area contributed by atoms with Crippen LogP contribution < -0.4 is 5.32 Å². The molecule has 8 heteroatoms. The van der Waals surface area contributed by atoms with E-state index in [1.165, 1.54) is 25.4 Å². The number of ketones is 1. The van der Waals surface area contributed by atoms with E-state index >= 15 is 0 Å². The van der Waals surface area contributed by atoms with Crippen LogP contribution in [0.2, 0.25) is 0 Å². The second-order valence-corrected chi connectivity index (χ2v) is 7.77. The van der Waals surface area contributed by atoms with Gasteiger partial charge in [0.25, 0.3) is 11.7 Å². The standard InChI is InChI=1S/C19H27NO6S/c1-13(21)15(20-17(22)16-9-6-10-27-16)8-5-4-7-14-11-25-19(2,26-12-14)18(23)24-3/h6,9-10,14-15H,4-5,7-8,11-12H2,1-3H3,(H,20,22). The number of unbranched alkanes of at least 4 members (excludes halogenated alkanes) is 1. The molecule has 1 aromatic heterocycles. The molecule has 1 aliphatic heterocycles. The van der Waals surface area contributed by atoms with Gasteiger partial charge in [-0.1, -0.05) is 18.9 Å². The van der Waals surface area contributed by atoms with Gasteiger partial charge in [0.2, 0.25) is 0 Å². The zero-order chi connectivity index (χ0) is 19.9.